The van der Waals surface area contributed by atoms with Gasteiger partial charge in [-0.1, -0.05) is 37.3 Å². The summed E-state index contributed by atoms with van der Waals surface area (Å²) in [5, 5.41) is 15.5. The number of pyridine rings is 1. The predicted octanol–water partition coefficient (Wildman–Crippen LogP) is 4.03. The van der Waals surface area contributed by atoms with Gasteiger partial charge >= 0.3 is 0 Å². The number of aromatic nitrogens is 3. The Labute approximate surface area is 146 Å². The normalized spacial score (nSPS) is 19.6. The highest BCUT2D eigenvalue weighted by Crippen LogP contribution is 2.42. The van der Waals surface area contributed by atoms with Gasteiger partial charge < -0.3 is 5.11 Å². The Bertz CT molecular complexity index is 776. The lowest BCUT2D eigenvalue weighted by Crippen LogP contribution is -2.16. The first-order chi connectivity index (χ1) is 11.7. The van der Waals surface area contributed by atoms with E-state index >= 15 is 0 Å². The van der Waals surface area contributed by atoms with E-state index in [0.717, 1.165) is 36.8 Å². The molecule has 2 aromatic rings. The number of nitrogens with zero attached hydrogens (tertiary/aromatic N) is 3. The second kappa shape index (κ2) is 6.45. The van der Waals surface area contributed by atoms with Crippen molar-refractivity contribution >= 4 is 28.4 Å². The number of carbonyl (C=O) groups excluding carboxylic acids is 1. The molecular weight excluding hydrogens is 326 g/mol. The maximum Gasteiger partial charge on any atom is 0.206 e. The van der Waals surface area contributed by atoms with Crippen LogP contribution in [0.3, 0.4) is 0 Å². The first-order valence-corrected chi connectivity index (χ1v) is 9.29. The fraction of sp³-hybridized carbons (Fsp3) is 0.611. The lowest BCUT2D eigenvalue weighted by molar-refractivity contribution is 0.0899. The molecular formula is C18H22ClN3O2. The van der Waals surface area contributed by atoms with E-state index in [-0.39, 0.29) is 5.69 Å². The third kappa shape index (κ3) is 2.64. The number of Topliss-reactive ketones (excluding diaryl/α,β-unsaturated/α-hetero) is 1. The van der Waals surface area contributed by atoms with Gasteiger partial charge in [-0.15, -0.1) is 0 Å². The highest BCUT2D eigenvalue weighted by molar-refractivity contribution is 6.35. The molecule has 2 aliphatic carbocycles. The smallest absolute Gasteiger partial charge is 0.206 e. The summed E-state index contributed by atoms with van der Waals surface area (Å²) in [6, 6.07) is 1.91. The second-order valence-corrected chi connectivity index (χ2v) is 7.43. The van der Waals surface area contributed by atoms with Gasteiger partial charge in [-0.05, 0) is 31.7 Å². The number of aliphatic hydroxyl groups is 1. The molecule has 2 aliphatic rings. The lowest BCUT2D eigenvalue weighted by Gasteiger charge is -2.24. The van der Waals surface area contributed by atoms with Crippen molar-refractivity contribution in [2.24, 2.45) is 0 Å². The van der Waals surface area contributed by atoms with Crippen LogP contribution in [0.25, 0.3) is 11.0 Å². The van der Waals surface area contributed by atoms with Crippen LogP contribution in [0, 0.1) is 0 Å². The van der Waals surface area contributed by atoms with E-state index in [0.29, 0.717) is 22.6 Å². The van der Waals surface area contributed by atoms with Crippen molar-refractivity contribution in [2.75, 3.05) is 6.61 Å². The number of halogens is 1. The SMILES string of the molecule is O=C(CO)c1cc(Cl)c2c(C3CCC3)nn(C3CCCCC3)c2n1. The van der Waals surface area contributed by atoms with Crippen molar-refractivity contribution in [3.8, 4) is 0 Å². The predicted molar refractivity (Wildman–Crippen MR) is 92.7 cm³/mol. The van der Waals surface area contributed by atoms with Crippen LogP contribution in [-0.2, 0) is 0 Å². The van der Waals surface area contributed by atoms with Crippen LogP contribution in [0.5, 0.6) is 0 Å². The van der Waals surface area contributed by atoms with Crippen molar-refractivity contribution in [1.82, 2.24) is 14.8 Å². The Morgan fingerprint density at radius 3 is 2.58 bits per heavy atom. The van der Waals surface area contributed by atoms with Gasteiger partial charge in [0.05, 0.1) is 22.1 Å². The molecule has 2 aromatic heterocycles. The van der Waals surface area contributed by atoms with Crippen LogP contribution in [0.4, 0.5) is 0 Å². The van der Waals surface area contributed by atoms with Crippen LogP contribution in [-0.4, -0.2) is 32.3 Å². The van der Waals surface area contributed by atoms with Gasteiger partial charge in [0.15, 0.2) is 5.65 Å². The number of carbonyl (C=O) groups is 1. The molecule has 0 saturated heterocycles. The monoisotopic (exact) mass is 347 g/mol. The Morgan fingerprint density at radius 1 is 1.21 bits per heavy atom. The molecule has 5 nitrogen and oxygen atoms in total. The van der Waals surface area contributed by atoms with E-state index in [4.69, 9.17) is 21.8 Å². The van der Waals surface area contributed by atoms with Crippen molar-refractivity contribution in [1.29, 1.82) is 0 Å². The van der Waals surface area contributed by atoms with Gasteiger partial charge in [0.1, 0.15) is 12.3 Å². The molecule has 1 N–H and O–H groups in total. The van der Waals surface area contributed by atoms with Crippen molar-refractivity contribution in [3.05, 3.63) is 22.5 Å². The van der Waals surface area contributed by atoms with Gasteiger partial charge in [0.25, 0.3) is 0 Å². The number of fused-ring (bicyclic) bond motifs is 1. The zero-order valence-electron chi connectivity index (χ0n) is 13.7. The largest absolute Gasteiger partial charge is 0.388 e. The summed E-state index contributed by atoms with van der Waals surface area (Å²) in [5.41, 5.74) is 1.99. The van der Waals surface area contributed by atoms with E-state index in [1.54, 1.807) is 6.07 Å². The molecule has 0 radical (unpaired) electrons. The summed E-state index contributed by atoms with van der Waals surface area (Å²) in [6.45, 7) is -0.554. The van der Waals surface area contributed by atoms with Gasteiger partial charge in [-0.25, -0.2) is 9.67 Å². The third-order valence-corrected chi connectivity index (χ3v) is 5.78. The maximum absolute atomic E-state index is 11.9. The zero-order valence-corrected chi connectivity index (χ0v) is 14.4. The van der Waals surface area contributed by atoms with Crippen LogP contribution in [0.15, 0.2) is 6.07 Å². The standard InChI is InChI=1S/C18H22ClN3O2/c19-13-9-14(15(24)10-23)20-18-16(13)17(11-5-4-6-11)21-22(18)12-7-2-1-3-8-12/h9,11-12,23H,1-8,10H2. The number of hydrogen-bond acceptors (Lipinski definition) is 4. The number of aliphatic hydroxyl groups excluding tert-OH is 1. The zero-order chi connectivity index (χ0) is 16.7. The average Bonchev–Trinajstić information content (AvgIpc) is 2.93. The van der Waals surface area contributed by atoms with E-state index in [1.165, 1.54) is 25.7 Å². The lowest BCUT2D eigenvalue weighted by atomic mass is 9.82. The third-order valence-electron chi connectivity index (χ3n) is 5.48. The second-order valence-electron chi connectivity index (χ2n) is 7.02. The Kier molecular flexibility index (Phi) is 4.31. The molecule has 128 valence electrons. The minimum atomic E-state index is -0.554. The van der Waals surface area contributed by atoms with Crippen molar-refractivity contribution in [2.45, 2.75) is 63.3 Å². The van der Waals surface area contributed by atoms with E-state index in [2.05, 4.69) is 4.98 Å². The first-order valence-electron chi connectivity index (χ1n) is 8.91. The summed E-state index contributed by atoms with van der Waals surface area (Å²) < 4.78 is 2.02. The maximum atomic E-state index is 11.9. The van der Waals surface area contributed by atoms with Crippen LogP contribution in [0.2, 0.25) is 5.02 Å². The summed E-state index contributed by atoms with van der Waals surface area (Å²) >= 11 is 6.52. The molecule has 0 unspecified atom stereocenters. The number of ketones is 1. The molecule has 0 amide bonds. The molecule has 4 rings (SSSR count). The molecule has 0 aliphatic heterocycles. The molecule has 0 aromatic carbocycles. The number of rotatable bonds is 4. The quantitative estimate of drug-likeness (QED) is 0.848. The topological polar surface area (TPSA) is 68.0 Å². The van der Waals surface area contributed by atoms with Gasteiger partial charge in [-0.3, -0.25) is 4.79 Å². The summed E-state index contributed by atoms with van der Waals surface area (Å²) in [4.78, 5) is 16.5. The molecule has 6 heteroatoms. The molecule has 2 heterocycles. The molecule has 0 spiro atoms. The van der Waals surface area contributed by atoms with Gasteiger partial charge in [0.2, 0.25) is 5.78 Å². The number of hydrogen-bond donors (Lipinski definition) is 1. The van der Waals surface area contributed by atoms with Crippen LogP contribution >= 0.6 is 11.6 Å². The average molecular weight is 348 g/mol. The highest BCUT2D eigenvalue weighted by atomic mass is 35.5. The van der Waals surface area contributed by atoms with Gasteiger partial charge in [0, 0.05) is 5.92 Å². The fourth-order valence-electron chi connectivity index (χ4n) is 3.89. The molecule has 2 fully saturated rings. The van der Waals surface area contributed by atoms with E-state index in [1.807, 2.05) is 4.68 Å². The Morgan fingerprint density at radius 2 is 1.96 bits per heavy atom. The molecule has 24 heavy (non-hydrogen) atoms. The summed E-state index contributed by atoms with van der Waals surface area (Å²) in [7, 11) is 0. The van der Waals surface area contributed by atoms with E-state index in [9.17, 15) is 4.79 Å². The van der Waals surface area contributed by atoms with Crippen molar-refractivity contribution < 1.29 is 9.90 Å². The Balaban J connectivity index is 1.88. The fourth-order valence-corrected chi connectivity index (χ4v) is 4.17. The summed E-state index contributed by atoms with van der Waals surface area (Å²) in [5.74, 6) is 0.0522. The minimum absolute atomic E-state index is 0.229. The first kappa shape index (κ1) is 16.0. The summed E-state index contributed by atoms with van der Waals surface area (Å²) in [6.07, 6.45) is 9.38. The van der Waals surface area contributed by atoms with Crippen LogP contribution in [0.1, 0.15) is 79.5 Å². The molecule has 2 saturated carbocycles. The van der Waals surface area contributed by atoms with E-state index < -0.39 is 12.4 Å². The Hall–Kier alpha value is -1.46. The molecule has 0 bridgehead atoms. The molecule has 0 atom stereocenters. The van der Waals surface area contributed by atoms with Crippen molar-refractivity contribution in [3.63, 3.8) is 0 Å². The highest BCUT2D eigenvalue weighted by Gasteiger charge is 2.30. The van der Waals surface area contributed by atoms with Gasteiger partial charge in [-0.2, -0.15) is 5.10 Å². The minimum Gasteiger partial charge on any atom is -0.388 e. The van der Waals surface area contributed by atoms with Crippen LogP contribution < -0.4 is 0 Å².